The summed E-state index contributed by atoms with van der Waals surface area (Å²) in [5.41, 5.74) is 0. The summed E-state index contributed by atoms with van der Waals surface area (Å²) < 4.78 is 0. The Hall–Kier alpha value is -0.200. The molecule has 0 aromatic heterocycles. The Morgan fingerprint density at radius 2 is 1.59 bits per heavy atom. The first-order valence-electron chi connectivity index (χ1n) is 6.90. The van der Waals surface area contributed by atoms with E-state index in [2.05, 4.69) is 37.6 Å². The standard InChI is InChI=1S/C14H28N2S/c1-14(10-11-15)16(2)12-8-6-4-3-5-7-9-13-17/h14,17H,3-10,12-13H2,1-2H3. The van der Waals surface area contributed by atoms with Crippen molar-refractivity contribution in [1.29, 1.82) is 5.26 Å². The molecule has 0 bridgehead atoms. The van der Waals surface area contributed by atoms with Crippen LogP contribution in [0.1, 0.15) is 58.3 Å². The number of thiol groups is 1. The Balaban J connectivity index is 3.25. The molecule has 17 heavy (non-hydrogen) atoms. The molecule has 2 nitrogen and oxygen atoms in total. The average molecular weight is 256 g/mol. The molecule has 0 aliphatic rings. The molecule has 0 radical (unpaired) electrons. The fraction of sp³-hybridized carbons (Fsp3) is 0.929. The fourth-order valence-electron chi connectivity index (χ4n) is 1.87. The molecule has 0 saturated heterocycles. The van der Waals surface area contributed by atoms with Gasteiger partial charge in [0, 0.05) is 6.04 Å². The predicted octanol–water partition coefficient (Wildman–Crippen LogP) is 3.88. The highest BCUT2D eigenvalue weighted by atomic mass is 32.1. The van der Waals surface area contributed by atoms with Gasteiger partial charge in [-0.1, -0.05) is 32.1 Å². The second kappa shape index (κ2) is 12.3. The van der Waals surface area contributed by atoms with E-state index in [4.69, 9.17) is 5.26 Å². The molecule has 3 heteroatoms. The summed E-state index contributed by atoms with van der Waals surface area (Å²) in [6.45, 7) is 3.25. The average Bonchev–Trinajstić information content (AvgIpc) is 2.32. The minimum absolute atomic E-state index is 0.399. The molecule has 0 heterocycles. The minimum atomic E-state index is 0.399. The first kappa shape index (κ1) is 16.8. The number of hydrogen-bond acceptors (Lipinski definition) is 3. The molecule has 0 saturated carbocycles. The number of nitrogens with zero attached hydrogens (tertiary/aromatic N) is 2. The SMILES string of the molecule is CC(CC#N)N(C)CCCCCCCCCS. The van der Waals surface area contributed by atoms with E-state index in [9.17, 15) is 0 Å². The van der Waals surface area contributed by atoms with Crippen LogP contribution in [0.25, 0.3) is 0 Å². The van der Waals surface area contributed by atoms with Gasteiger partial charge in [-0.2, -0.15) is 17.9 Å². The summed E-state index contributed by atoms with van der Waals surface area (Å²) in [7, 11) is 2.12. The highest BCUT2D eigenvalue weighted by Crippen LogP contribution is 2.09. The summed E-state index contributed by atoms with van der Waals surface area (Å²) in [5, 5.41) is 8.62. The van der Waals surface area contributed by atoms with Crippen molar-refractivity contribution in [3.05, 3.63) is 0 Å². The smallest absolute Gasteiger partial charge is 0.0638 e. The lowest BCUT2D eigenvalue weighted by molar-refractivity contribution is 0.254. The number of rotatable bonds is 11. The fourth-order valence-corrected chi connectivity index (χ4v) is 2.09. The van der Waals surface area contributed by atoms with Gasteiger partial charge < -0.3 is 4.90 Å². The van der Waals surface area contributed by atoms with Gasteiger partial charge in [-0.05, 0) is 39.1 Å². The zero-order valence-electron chi connectivity index (χ0n) is 11.5. The largest absolute Gasteiger partial charge is 0.303 e. The van der Waals surface area contributed by atoms with Gasteiger partial charge in [0.1, 0.15) is 0 Å². The van der Waals surface area contributed by atoms with Crippen LogP contribution in [0, 0.1) is 11.3 Å². The van der Waals surface area contributed by atoms with Crippen LogP contribution in [0.4, 0.5) is 0 Å². The summed E-state index contributed by atoms with van der Waals surface area (Å²) in [4.78, 5) is 2.30. The first-order valence-corrected chi connectivity index (χ1v) is 7.53. The number of unbranched alkanes of at least 4 members (excludes halogenated alkanes) is 6. The van der Waals surface area contributed by atoms with Crippen LogP contribution in [0.15, 0.2) is 0 Å². The molecule has 0 aromatic rings. The molecule has 0 spiro atoms. The third-order valence-electron chi connectivity index (χ3n) is 3.31. The van der Waals surface area contributed by atoms with Crippen LogP contribution in [0.5, 0.6) is 0 Å². The second-order valence-electron chi connectivity index (χ2n) is 4.89. The van der Waals surface area contributed by atoms with Crippen molar-refractivity contribution in [3.8, 4) is 6.07 Å². The number of hydrogen-bond donors (Lipinski definition) is 1. The second-order valence-corrected chi connectivity index (χ2v) is 5.34. The molecule has 0 amide bonds. The van der Waals surface area contributed by atoms with E-state index in [1.165, 1.54) is 44.9 Å². The van der Waals surface area contributed by atoms with Gasteiger partial charge in [0.2, 0.25) is 0 Å². The van der Waals surface area contributed by atoms with Gasteiger partial charge in [-0.25, -0.2) is 0 Å². The third kappa shape index (κ3) is 10.7. The molecular weight excluding hydrogens is 228 g/mol. The van der Waals surface area contributed by atoms with Crippen molar-refractivity contribution in [2.24, 2.45) is 0 Å². The van der Waals surface area contributed by atoms with Crippen molar-refractivity contribution in [1.82, 2.24) is 4.90 Å². The highest BCUT2D eigenvalue weighted by molar-refractivity contribution is 7.80. The maximum Gasteiger partial charge on any atom is 0.0638 e. The molecule has 0 aliphatic heterocycles. The lowest BCUT2D eigenvalue weighted by Crippen LogP contribution is -2.29. The van der Waals surface area contributed by atoms with Crippen molar-refractivity contribution in [2.75, 3.05) is 19.3 Å². The molecular formula is C14H28N2S. The maximum absolute atomic E-state index is 8.62. The van der Waals surface area contributed by atoms with Crippen LogP contribution in [-0.2, 0) is 0 Å². The van der Waals surface area contributed by atoms with Gasteiger partial charge in [-0.15, -0.1) is 0 Å². The highest BCUT2D eigenvalue weighted by Gasteiger charge is 2.07. The molecule has 1 unspecified atom stereocenters. The number of nitriles is 1. The molecule has 0 aliphatic carbocycles. The van der Waals surface area contributed by atoms with E-state index in [-0.39, 0.29) is 0 Å². The van der Waals surface area contributed by atoms with Crippen LogP contribution in [0.3, 0.4) is 0 Å². The van der Waals surface area contributed by atoms with Gasteiger partial charge in [0.05, 0.1) is 12.5 Å². The molecule has 0 fully saturated rings. The van der Waals surface area contributed by atoms with Gasteiger partial charge in [-0.3, -0.25) is 0 Å². The normalized spacial score (nSPS) is 12.6. The molecule has 0 N–H and O–H groups in total. The first-order chi connectivity index (χ1) is 8.22. The van der Waals surface area contributed by atoms with Crippen molar-refractivity contribution in [2.45, 2.75) is 64.3 Å². The Bertz CT molecular complexity index is 201. The van der Waals surface area contributed by atoms with Gasteiger partial charge in [0.15, 0.2) is 0 Å². The van der Waals surface area contributed by atoms with E-state index in [0.29, 0.717) is 12.5 Å². The third-order valence-corrected chi connectivity index (χ3v) is 3.62. The van der Waals surface area contributed by atoms with Crippen molar-refractivity contribution in [3.63, 3.8) is 0 Å². The summed E-state index contributed by atoms with van der Waals surface area (Å²) in [5.74, 6) is 1.03. The summed E-state index contributed by atoms with van der Waals surface area (Å²) in [6.07, 6.45) is 9.91. The Morgan fingerprint density at radius 3 is 2.12 bits per heavy atom. The van der Waals surface area contributed by atoms with Crippen LogP contribution in [-0.4, -0.2) is 30.3 Å². The summed E-state index contributed by atoms with van der Waals surface area (Å²) in [6, 6.07) is 2.63. The van der Waals surface area contributed by atoms with Gasteiger partial charge >= 0.3 is 0 Å². The zero-order chi connectivity index (χ0) is 12.9. The van der Waals surface area contributed by atoms with E-state index in [0.717, 1.165) is 12.3 Å². The zero-order valence-corrected chi connectivity index (χ0v) is 12.4. The predicted molar refractivity (Wildman–Crippen MR) is 78.5 cm³/mol. The lowest BCUT2D eigenvalue weighted by atomic mass is 10.1. The molecule has 100 valence electrons. The quantitative estimate of drug-likeness (QED) is 0.448. The van der Waals surface area contributed by atoms with Crippen LogP contribution < -0.4 is 0 Å². The van der Waals surface area contributed by atoms with E-state index in [1.54, 1.807) is 0 Å². The monoisotopic (exact) mass is 256 g/mol. The maximum atomic E-state index is 8.62. The van der Waals surface area contributed by atoms with Crippen LogP contribution >= 0.6 is 12.6 Å². The topological polar surface area (TPSA) is 27.0 Å². The Labute approximate surface area is 113 Å². The van der Waals surface area contributed by atoms with Gasteiger partial charge in [0.25, 0.3) is 0 Å². The Morgan fingerprint density at radius 1 is 1.06 bits per heavy atom. The van der Waals surface area contributed by atoms with E-state index >= 15 is 0 Å². The van der Waals surface area contributed by atoms with Crippen LogP contribution in [0.2, 0.25) is 0 Å². The molecule has 1 atom stereocenters. The van der Waals surface area contributed by atoms with E-state index in [1.807, 2.05) is 0 Å². The summed E-state index contributed by atoms with van der Waals surface area (Å²) >= 11 is 4.21. The minimum Gasteiger partial charge on any atom is -0.303 e. The molecule has 0 rings (SSSR count). The van der Waals surface area contributed by atoms with Crippen molar-refractivity contribution >= 4 is 12.6 Å². The van der Waals surface area contributed by atoms with E-state index < -0.39 is 0 Å². The molecule has 0 aromatic carbocycles. The lowest BCUT2D eigenvalue weighted by Gasteiger charge is -2.22. The Kier molecular flexibility index (Phi) is 12.1. The van der Waals surface area contributed by atoms with Crippen molar-refractivity contribution < 1.29 is 0 Å².